The van der Waals surface area contributed by atoms with Crippen LogP contribution in [-0.2, 0) is 6.54 Å². The van der Waals surface area contributed by atoms with Crippen LogP contribution in [0.1, 0.15) is 25.3 Å². The highest BCUT2D eigenvalue weighted by molar-refractivity contribution is 9.10. The molecule has 0 bridgehead atoms. The Morgan fingerprint density at radius 2 is 2.29 bits per heavy atom. The van der Waals surface area contributed by atoms with Gasteiger partial charge >= 0.3 is 0 Å². The molecule has 76 valence electrons. The third-order valence-electron chi connectivity index (χ3n) is 1.86. The summed E-state index contributed by atoms with van der Waals surface area (Å²) in [6.07, 6.45) is 1.93. The van der Waals surface area contributed by atoms with Crippen molar-refractivity contribution in [3.8, 4) is 0 Å². The van der Waals surface area contributed by atoms with Crippen LogP contribution in [-0.4, -0.2) is 5.84 Å². The van der Waals surface area contributed by atoms with Crippen LogP contribution in [0.25, 0.3) is 0 Å². The fraction of sp³-hybridized carbons (Fsp3) is 0.364. The summed E-state index contributed by atoms with van der Waals surface area (Å²) < 4.78 is 1.08. The molecule has 2 N–H and O–H groups in total. The molecular weight excluding hydrogens is 240 g/mol. The Balaban J connectivity index is 2.57. The van der Waals surface area contributed by atoms with Crippen molar-refractivity contribution in [3.05, 3.63) is 34.3 Å². The highest BCUT2D eigenvalue weighted by atomic mass is 79.9. The van der Waals surface area contributed by atoms with Gasteiger partial charge in [-0.2, -0.15) is 0 Å². The predicted octanol–water partition coefficient (Wildman–Crippen LogP) is 3.11. The van der Waals surface area contributed by atoms with Crippen LogP contribution in [0, 0.1) is 0 Å². The fourth-order valence-electron chi connectivity index (χ4n) is 1.16. The second-order valence-corrected chi connectivity index (χ2v) is 4.10. The van der Waals surface area contributed by atoms with E-state index in [0.717, 1.165) is 23.1 Å². The van der Waals surface area contributed by atoms with Gasteiger partial charge in [0.15, 0.2) is 0 Å². The van der Waals surface area contributed by atoms with E-state index in [-0.39, 0.29) is 0 Å². The largest absolute Gasteiger partial charge is 0.387 e. The van der Waals surface area contributed by atoms with Gasteiger partial charge in [0.05, 0.1) is 12.4 Å². The molecule has 1 rings (SSSR count). The SMILES string of the molecule is CCCC(N)=NCc1cccc(Br)c1. The number of benzene rings is 1. The summed E-state index contributed by atoms with van der Waals surface area (Å²) in [4.78, 5) is 4.30. The van der Waals surface area contributed by atoms with Crippen LogP contribution < -0.4 is 5.73 Å². The van der Waals surface area contributed by atoms with Crippen LogP contribution in [0.4, 0.5) is 0 Å². The summed E-state index contributed by atoms with van der Waals surface area (Å²) in [7, 11) is 0. The molecule has 0 fully saturated rings. The van der Waals surface area contributed by atoms with Crippen LogP contribution >= 0.6 is 15.9 Å². The molecule has 0 aliphatic heterocycles. The first-order chi connectivity index (χ1) is 6.72. The Hall–Kier alpha value is -0.830. The maximum absolute atomic E-state index is 5.71. The van der Waals surface area contributed by atoms with Gasteiger partial charge in [-0.3, -0.25) is 4.99 Å². The molecule has 0 unspecified atom stereocenters. The van der Waals surface area contributed by atoms with Gasteiger partial charge in [0.25, 0.3) is 0 Å². The second-order valence-electron chi connectivity index (χ2n) is 3.19. The lowest BCUT2D eigenvalue weighted by molar-refractivity contribution is 0.954. The van der Waals surface area contributed by atoms with Gasteiger partial charge in [0, 0.05) is 10.9 Å². The quantitative estimate of drug-likeness (QED) is 0.651. The van der Waals surface area contributed by atoms with Crippen molar-refractivity contribution in [2.45, 2.75) is 26.3 Å². The zero-order valence-electron chi connectivity index (χ0n) is 8.33. The third-order valence-corrected chi connectivity index (χ3v) is 2.35. The zero-order valence-corrected chi connectivity index (χ0v) is 9.92. The van der Waals surface area contributed by atoms with E-state index in [0.29, 0.717) is 6.54 Å². The molecule has 1 aromatic rings. The lowest BCUT2D eigenvalue weighted by atomic mass is 10.2. The van der Waals surface area contributed by atoms with Gasteiger partial charge in [-0.25, -0.2) is 0 Å². The number of rotatable bonds is 4. The van der Waals surface area contributed by atoms with E-state index < -0.39 is 0 Å². The number of amidine groups is 1. The van der Waals surface area contributed by atoms with Crippen LogP contribution in [0.15, 0.2) is 33.7 Å². The van der Waals surface area contributed by atoms with Crippen molar-refractivity contribution in [1.29, 1.82) is 0 Å². The van der Waals surface area contributed by atoms with Crippen molar-refractivity contribution >= 4 is 21.8 Å². The lowest BCUT2D eigenvalue weighted by Gasteiger charge is -2.00. The fourth-order valence-corrected chi connectivity index (χ4v) is 1.61. The lowest BCUT2D eigenvalue weighted by Crippen LogP contribution is -2.11. The molecule has 0 saturated heterocycles. The Morgan fingerprint density at radius 3 is 2.93 bits per heavy atom. The molecule has 0 spiro atoms. The van der Waals surface area contributed by atoms with E-state index in [1.165, 1.54) is 5.56 Å². The minimum Gasteiger partial charge on any atom is -0.387 e. The van der Waals surface area contributed by atoms with E-state index in [9.17, 15) is 0 Å². The van der Waals surface area contributed by atoms with Crippen molar-refractivity contribution in [2.75, 3.05) is 0 Å². The summed E-state index contributed by atoms with van der Waals surface area (Å²) in [6.45, 7) is 2.77. The normalized spacial score (nSPS) is 11.7. The summed E-state index contributed by atoms with van der Waals surface area (Å²) in [5, 5.41) is 0. The number of hydrogen-bond donors (Lipinski definition) is 1. The minimum absolute atomic E-state index is 0.672. The molecule has 3 heteroatoms. The van der Waals surface area contributed by atoms with E-state index in [2.05, 4.69) is 33.9 Å². The molecule has 2 nitrogen and oxygen atoms in total. The highest BCUT2D eigenvalue weighted by Gasteiger charge is 1.93. The second kappa shape index (κ2) is 5.81. The maximum atomic E-state index is 5.71. The Bertz CT molecular complexity index is 321. The Labute approximate surface area is 93.4 Å². The number of halogens is 1. The maximum Gasteiger partial charge on any atom is 0.0941 e. The molecule has 1 aromatic carbocycles. The summed E-state index contributed by atoms with van der Waals surface area (Å²) in [5.74, 6) is 0.743. The topological polar surface area (TPSA) is 38.4 Å². The Morgan fingerprint density at radius 1 is 1.50 bits per heavy atom. The van der Waals surface area contributed by atoms with Crippen molar-refractivity contribution < 1.29 is 0 Å². The standard InChI is InChI=1S/C11H15BrN2/c1-2-4-11(13)14-8-9-5-3-6-10(12)7-9/h3,5-7H,2,4,8H2,1H3,(H2,13,14). The summed E-state index contributed by atoms with van der Waals surface area (Å²) in [6, 6.07) is 8.11. The summed E-state index contributed by atoms with van der Waals surface area (Å²) >= 11 is 3.42. The first-order valence-corrected chi connectivity index (χ1v) is 5.55. The van der Waals surface area contributed by atoms with E-state index in [1.54, 1.807) is 0 Å². The van der Waals surface area contributed by atoms with Gasteiger partial charge in [-0.15, -0.1) is 0 Å². The molecule has 0 radical (unpaired) electrons. The van der Waals surface area contributed by atoms with Gasteiger partial charge in [-0.1, -0.05) is 35.0 Å². The van der Waals surface area contributed by atoms with E-state index in [1.807, 2.05) is 18.2 Å². The van der Waals surface area contributed by atoms with Gasteiger partial charge < -0.3 is 5.73 Å². The van der Waals surface area contributed by atoms with E-state index >= 15 is 0 Å². The van der Waals surface area contributed by atoms with Crippen molar-refractivity contribution in [3.63, 3.8) is 0 Å². The van der Waals surface area contributed by atoms with Crippen LogP contribution in [0.3, 0.4) is 0 Å². The monoisotopic (exact) mass is 254 g/mol. The molecule has 14 heavy (non-hydrogen) atoms. The van der Waals surface area contributed by atoms with Crippen LogP contribution in [0.5, 0.6) is 0 Å². The molecule has 0 amide bonds. The number of nitrogens with zero attached hydrogens (tertiary/aromatic N) is 1. The number of nitrogens with two attached hydrogens (primary N) is 1. The Kier molecular flexibility index (Phi) is 4.66. The molecule has 0 aliphatic carbocycles. The first kappa shape index (κ1) is 11.2. The molecule has 0 heterocycles. The van der Waals surface area contributed by atoms with Crippen molar-refractivity contribution in [1.82, 2.24) is 0 Å². The molecular formula is C11H15BrN2. The van der Waals surface area contributed by atoms with Gasteiger partial charge in [-0.05, 0) is 24.1 Å². The average molecular weight is 255 g/mol. The highest BCUT2D eigenvalue weighted by Crippen LogP contribution is 2.12. The number of aliphatic imine (C=N–C) groups is 1. The van der Waals surface area contributed by atoms with Gasteiger partial charge in [0.2, 0.25) is 0 Å². The van der Waals surface area contributed by atoms with E-state index in [4.69, 9.17) is 5.73 Å². The summed E-state index contributed by atoms with van der Waals surface area (Å²) in [5.41, 5.74) is 6.89. The van der Waals surface area contributed by atoms with Crippen LogP contribution in [0.2, 0.25) is 0 Å². The molecule has 0 atom stereocenters. The molecule has 0 aromatic heterocycles. The average Bonchev–Trinajstić information content (AvgIpc) is 2.15. The minimum atomic E-state index is 0.672. The third kappa shape index (κ3) is 3.92. The molecule has 0 saturated carbocycles. The van der Waals surface area contributed by atoms with Crippen molar-refractivity contribution in [2.24, 2.45) is 10.7 Å². The number of hydrogen-bond acceptors (Lipinski definition) is 1. The zero-order chi connectivity index (χ0) is 10.4. The first-order valence-electron chi connectivity index (χ1n) is 4.75. The predicted molar refractivity (Wildman–Crippen MR) is 64.4 cm³/mol. The smallest absolute Gasteiger partial charge is 0.0941 e. The molecule has 0 aliphatic rings. The van der Waals surface area contributed by atoms with Gasteiger partial charge in [0.1, 0.15) is 0 Å².